The zero-order valence-electron chi connectivity index (χ0n) is 13.1. The number of aliphatic carboxylic acids is 1. The number of nitrogens with zero attached hydrogens (tertiary/aromatic N) is 1. The van der Waals surface area contributed by atoms with Crippen LogP contribution in [0.5, 0.6) is 0 Å². The lowest BCUT2D eigenvalue weighted by Crippen LogP contribution is -2.39. The number of allylic oxidation sites excluding steroid dienone is 2. The smallest absolute Gasteiger partial charge is 0.410 e. The fraction of sp³-hybridized carbons (Fsp3) is 0.500. The van der Waals surface area contributed by atoms with E-state index < -0.39 is 17.6 Å². The zero-order chi connectivity index (χ0) is 16.3. The van der Waals surface area contributed by atoms with E-state index in [2.05, 4.69) is 5.32 Å². The van der Waals surface area contributed by atoms with Gasteiger partial charge in [-0.15, -0.1) is 0 Å². The molecule has 1 amide bonds. The summed E-state index contributed by atoms with van der Waals surface area (Å²) in [7, 11) is 0. The first-order valence-corrected chi connectivity index (χ1v) is 7.31. The average Bonchev–Trinajstić information content (AvgIpc) is 2.46. The summed E-state index contributed by atoms with van der Waals surface area (Å²) < 4.78 is 5.35. The maximum absolute atomic E-state index is 12.0. The monoisotopic (exact) mass is 306 g/mol. The second-order valence-corrected chi connectivity index (χ2v) is 6.35. The van der Waals surface area contributed by atoms with Gasteiger partial charge in [-0.25, -0.2) is 9.59 Å². The molecule has 120 valence electrons. The van der Waals surface area contributed by atoms with Crippen LogP contribution in [0.3, 0.4) is 0 Å². The highest BCUT2D eigenvalue weighted by molar-refractivity contribution is 5.77. The minimum Gasteiger partial charge on any atom is -0.479 e. The van der Waals surface area contributed by atoms with Crippen LogP contribution in [0.15, 0.2) is 35.6 Å². The summed E-state index contributed by atoms with van der Waals surface area (Å²) in [4.78, 5) is 24.5. The third-order valence-corrected chi connectivity index (χ3v) is 3.38. The molecule has 6 heteroatoms. The van der Waals surface area contributed by atoms with E-state index in [0.717, 1.165) is 17.6 Å². The van der Waals surface area contributed by atoms with E-state index >= 15 is 0 Å². The van der Waals surface area contributed by atoms with Gasteiger partial charge in [-0.05, 0) is 38.3 Å². The van der Waals surface area contributed by atoms with Crippen molar-refractivity contribution in [3.05, 3.63) is 35.6 Å². The Morgan fingerprint density at radius 2 is 2.14 bits per heavy atom. The number of carboxylic acids is 1. The van der Waals surface area contributed by atoms with Gasteiger partial charge in [0.2, 0.25) is 0 Å². The van der Waals surface area contributed by atoms with Crippen molar-refractivity contribution in [2.45, 2.75) is 38.8 Å². The molecule has 0 aromatic heterocycles. The van der Waals surface area contributed by atoms with E-state index in [0.29, 0.717) is 13.1 Å². The molecule has 1 unspecified atom stereocenters. The zero-order valence-corrected chi connectivity index (χ0v) is 13.1. The molecule has 0 aliphatic carbocycles. The molecule has 2 rings (SSSR count). The highest BCUT2D eigenvalue weighted by Crippen LogP contribution is 2.22. The first-order valence-electron chi connectivity index (χ1n) is 7.31. The number of carboxylic acid groups (broad SMARTS) is 1. The van der Waals surface area contributed by atoms with Crippen LogP contribution in [0.1, 0.15) is 27.2 Å². The lowest BCUT2D eigenvalue weighted by atomic mass is 9.97. The molecule has 2 N–H and O–H groups in total. The fourth-order valence-electron chi connectivity index (χ4n) is 2.26. The quantitative estimate of drug-likeness (QED) is 0.816. The number of amides is 1. The number of carbonyl (C=O) groups is 2. The van der Waals surface area contributed by atoms with E-state index in [1.165, 1.54) is 0 Å². The number of rotatable bonds is 2. The number of hydrogen-bond acceptors (Lipinski definition) is 4. The lowest BCUT2D eigenvalue weighted by molar-refractivity contribution is -0.137. The number of carbonyl (C=O) groups excluding carboxylic acids is 1. The van der Waals surface area contributed by atoms with Gasteiger partial charge in [0.15, 0.2) is 0 Å². The molecule has 0 aromatic carbocycles. The second-order valence-electron chi connectivity index (χ2n) is 6.35. The average molecular weight is 306 g/mol. The van der Waals surface area contributed by atoms with E-state index in [1.54, 1.807) is 17.2 Å². The van der Waals surface area contributed by atoms with Gasteiger partial charge < -0.3 is 20.1 Å². The largest absolute Gasteiger partial charge is 0.479 e. The summed E-state index contributed by atoms with van der Waals surface area (Å²) in [6.07, 6.45) is 7.54. The van der Waals surface area contributed by atoms with Crippen molar-refractivity contribution in [3.63, 3.8) is 0 Å². The van der Waals surface area contributed by atoms with Crippen LogP contribution in [-0.2, 0) is 9.53 Å². The molecule has 2 aliphatic heterocycles. The normalized spacial score (nSPS) is 21.6. The number of dihydropyridines is 1. The van der Waals surface area contributed by atoms with Crippen molar-refractivity contribution in [2.24, 2.45) is 0 Å². The highest BCUT2D eigenvalue weighted by Gasteiger charge is 2.24. The molecule has 6 nitrogen and oxygen atoms in total. The Morgan fingerprint density at radius 1 is 1.41 bits per heavy atom. The van der Waals surface area contributed by atoms with Crippen molar-refractivity contribution in [1.82, 2.24) is 10.2 Å². The Hall–Kier alpha value is -2.24. The summed E-state index contributed by atoms with van der Waals surface area (Å²) in [5.41, 5.74) is 1.57. The third kappa shape index (κ3) is 4.13. The number of ether oxygens (including phenoxy) is 1. The standard InChI is InChI=1S/C16H22N2O4/c1-16(2,3)22-15(21)18-8-6-11(7-9-18)12-4-5-13(14(19)20)17-10-12/h4-6,10,13,17H,7-9H2,1-3H3,(H,19,20). The van der Waals surface area contributed by atoms with Crippen LogP contribution in [0.2, 0.25) is 0 Å². The van der Waals surface area contributed by atoms with Crippen molar-refractivity contribution in [2.75, 3.05) is 13.1 Å². The van der Waals surface area contributed by atoms with Crippen molar-refractivity contribution >= 4 is 12.1 Å². The fourth-order valence-corrected chi connectivity index (χ4v) is 2.26. The predicted molar refractivity (Wildman–Crippen MR) is 82.3 cm³/mol. The van der Waals surface area contributed by atoms with Crippen LogP contribution < -0.4 is 5.32 Å². The molecule has 2 heterocycles. The van der Waals surface area contributed by atoms with Gasteiger partial charge in [0.25, 0.3) is 0 Å². The Morgan fingerprint density at radius 3 is 2.59 bits per heavy atom. The van der Waals surface area contributed by atoms with E-state index in [4.69, 9.17) is 9.84 Å². The van der Waals surface area contributed by atoms with Crippen molar-refractivity contribution in [1.29, 1.82) is 0 Å². The lowest BCUT2D eigenvalue weighted by Gasteiger charge is -2.30. The van der Waals surface area contributed by atoms with E-state index in [-0.39, 0.29) is 6.09 Å². The summed E-state index contributed by atoms with van der Waals surface area (Å²) in [5, 5.41) is 11.7. The highest BCUT2D eigenvalue weighted by atomic mass is 16.6. The van der Waals surface area contributed by atoms with Crippen LogP contribution in [0, 0.1) is 0 Å². The van der Waals surface area contributed by atoms with Gasteiger partial charge in [0.1, 0.15) is 11.6 Å². The summed E-state index contributed by atoms with van der Waals surface area (Å²) >= 11 is 0. The first-order chi connectivity index (χ1) is 10.3. The summed E-state index contributed by atoms with van der Waals surface area (Å²) in [5.74, 6) is -0.903. The van der Waals surface area contributed by atoms with Gasteiger partial charge in [0.05, 0.1) is 0 Å². The molecular weight excluding hydrogens is 284 g/mol. The molecule has 0 aromatic rings. The molecule has 0 bridgehead atoms. The van der Waals surface area contributed by atoms with Crippen molar-refractivity contribution < 1.29 is 19.4 Å². The van der Waals surface area contributed by atoms with Crippen LogP contribution in [-0.4, -0.2) is 46.8 Å². The second kappa shape index (κ2) is 6.25. The predicted octanol–water partition coefficient (Wildman–Crippen LogP) is 2.05. The Balaban J connectivity index is 1.94. The first kappa shape index (κ1) is 16.1. The minimum atomic E-state index is -0.903. The van der Waals surface area contributed by atoms with Gasteiger partial charge in [-0.1, -0.05) is 18.2 Å². The SMILES string of the molecule is CC(C)(C)OC(=O)N1CC=C(C2=CNC(C(=O)O)C=C2)CC1. The molecule has 0 saturated carbocycles. The van der Waals surface area contributed by atoms with Gasteiger partial charge in [0, 0.05) is 19.3 Å². The summed E-state index contributed by atoms with van der Waals surface area (Å²) in [6, 6.07) is -0.675. The molecular formula is C16H22N2O4. The summed E-state index contributed by atoms with van der Waals surface area (Å²) in [6.45, 7) is 6.63. The molecule has 1 atom stereocenters. The molecule has 0 radical (unpaired) electrons. The Bertz CT molecular complexity index is 555. The minimum absolute atomic E-state index is 0.306. The molecule has 0 saturated heterocycles. The van der Waals surface area contributed by atoms with Crippen LogP contribution >= 0.6 is 0 Å². The molecule has 0 spiro atoms. The van der Waals surface area contributed by atoms with Crippen LogP contribution in [0.25, 0.3) is 0 Å². The number of nitrogens with one attached hydrogen (secondary N) is 1. The number of hydrogen-bond donors (Lipinski definition) is 2. The third-order valence-electron chi connectivity index (χ3n) is 3.38. The molecule has 2 aliphatic rings. The maximum atomic E-state index is 12.0. The molecule has 22 heavy (non-hydrogen) atoms. The van der Waals surface area contributed by atoms with Gasteiger partial charge in [-0.3, -0.25) is 0 Å². The van der Waals surface area contributed by atoms with Gasteiger partial charge in [-0.2, -0.15) is 0 Å². The van der Waals surface area contributed by atoms with Crippen molar-refractivity contribution in [3.8, 4) is 0 Å². The van der Waals surface area contributed by atoms with Crippen LogP contribution in [0.4, 0.5) is 4.79 Å². The van der Waals surface area contributed by atoms with E-state index in [9.17, 15) is 9.59 Å². The molecule has 0 fully saturated rings. The topological polar surface area (TPSA) is 78.9 Å². The van der Waals surface area contributed by atoms with E-state index in [1.807, 2.05) is 32.9 Å². The maximum Gasteiger partial charge on any atom is 0.410 e. The Labute approximate surface area is 130 Å². The Kier molecular flexibility index (Phi) is 4.59. The van der Waals surface area contributed by atoms with Gasteiger partial charge >= 0.3 is 12.1 Å².